The molecule has 0 saturated heterocycles. The van der Waals surface area contributed by atoms with Gasteiger partial charge in [-0.2, -0.15) is 0 Å². The summed E-state index contributed by atoms with van der Waals surface area (Å²) in [4.78, 5) is 18.2. The minimum Gasteiger partial charge on any atom is -0.481 e. The van der Waals surface area contributed by atoms with Gasteiger partial charge in [-0.25, -0.2) is 4.79 Å². The molecule has 0 fully saturated rings. The van der Waals surface area contributed by atoms with Crippen molar-refractivity contribution in [2.75, 3.05) is 0 Å². The highest BCUT2D eigenvalue weighted by molar-refractivity contribution is 5.78. The van der Waals surface area contributed by atoms with Crippen LogP contribution >= 0.6 is 0 Å². The Morgan fingerprint density at radius 1 is 1.27 bits per heavy atom. The third kappa shape index (κ3) is 1970. The van der Waals surface area contributed by atoms with E-state index in [-0.39, 0.29) is 0 Å². The molecule has 0 heterocycles. The first kappa shape index (κ1) is 16.2. The Morgan fingerprint density at radius 3 is 1.36 bits per heavy atom. The van der Waals surface area contributed by atoms with E-state index in [1.807, 2.05) is 0 Å². The zero-order valence-corrected chi connectivity index (χ0v) is 6.41. The predicted octanol–water partition coefficient (Wildman–Crippen LogP) is 1.15. The van der Waals surface area contributed by atoms with Gasteiger partial charge in [0.05, 0.1) is 0 Å². The summed E-state index contributed by atoms with van der Waals surface area (Å²) in [6, 6.07) is 0. The second-order valence-corrected chi connectivity index (χ2v) is 1.06. The van der Waals surface area contributed by atoms with E-state index in [1.54, 1.807) is 0 Å². The average Bonchev–Trinajstić information content (AvgIpc) is 1.91. The molecule has 0 aliphatic rings. The molecular formula is C7H12O4. The molecule has 0 aromatic heterocycles. The highest BCUT2D eigenvalue weighted by atomic mass is 16.4. The molecule has 0 rings (SSSR count). The Morgan fingerprint density at radius 2 is 1.36 bits per heavy atom. The van der Waals surface area contributed by atoms with Gasteiger partial charge in [0.2, 0.25) is 0 Å². The molecule has 64 valence electrons. The molecule has 0 aliphatic carbocycles. The van der Waals surface area contributed by atoms with Crippen molar-refractivity contribution in [3.8, 4) is 0 Å². The fourth-order valence-electron chi connectivity index (χ4n) is 0. The lowest BCUT2D eigenvalue weighted by atomic mass is 10.7. The minimum atomic E-state index is -0.981. The minimum absolute atomic E-state index is 0.833. The van der Waals surface area contributed by atoms with Crippen LogP contribution in [0.15, 0.2) is 25.8 Å². The molecule has 0 saturated carbocycles. The van der Waals surface area contributed by atoms with Gasteiger partial charge in [-0.15, -0.1) is 13.2 Å². The van der Waals surface area contributed by atoms with Gasteiger partial charge in [-0.1, -0.05) is 6.58 Å². The van der Waals surface area contributed by atoms with Crippen LogP contribution in [-0.2, 0) is 9.59 Å². The maximum Gasteiger partial charge on any atom is 0.327 e. The summed E-state index contributed by atoms with van der Waals surface area (Å²) < 4.78 is 0. The highest BCUT2D eigenvalue weighted by Gasteiger charge is 1.73. The predicted molar refractivity (Wildman–Crippen MR) is 42.4 cm³/mol. The first-order valence-electron chi connectivity index (χ1n) is 2.55. The normalized spacial score (nSPS) is 5.55. The lowest BCUT2D eigenvalue weighted by Crippen LogP contribution is -1.82. The van der Waals surface area contributed by atoms with Crippen molar-refractivity contribution in [1.29, 1.82) is 0 Å². The first-order chi connectivity index (χ1) is 5.00. The Balaban J connectivity index is -0.0000000965. The van der Waals surface area contributed by atoms with E-state index in [2.05, 4.69) is 19.7 Å². The fraction of sp³-hybridized carbons (Fsp3) is 0.143. The number of hydrogen-bond donors (Lipinski definition) is 2. The molecule has 4 nitrogen and oxygen atoms in total. The summed E-state index contributed by atoms with van der Waals surface area (Å²) >= 11 is 0. The molecule has 0 unspecified atom stereocenters. The van der Waals surface area contributed by atoms with Gasteiger partial charge in [0.25, 0.3) is 5.97 Å². The largest absolute Gasteiger partial charge is 0.481 e. The van der Waals surface area contributed by atoms with Gasteiger partial charge in [0.1, 0.15) is 0 Å². The van der Waals surface area contributed by atoms with Crippen molar-refractivity contribution in [2.24, 2.45) is 0 Å². The van der Waals surface area contributed by atoms with Crippen molar-refractivity contribution in [2.45, 2.75) is 6.92 Å². The summed E-state index contributed by atoms with van der Waals surface area (Å²) in [6.45, 7) is 10.0. The molecule has 11 heavy (non-hydrogen) atoms. The summed E-state index contributed by atoms with van der Waals surface area (Å²) in [7, 11) is 0. The van der Waals surface area contributed by atoms with E-state index >= 15 is 0 Å². The summed E-state index contributed by atoms with van der Waals surface area (Å²) in [5.41, 5.74) is 0. The molecule has 0 aromatic carbocycles. The molecule has 0 atom stereocenters. The smallest absolute Gasteiger partial charge is 0.327 e. The van der Waals surface area contributed by atoms with E-state index in [1.165, 1.54) is 0 Å². The first-order valence-corrected chi connectivity index (χ1v) is 2.55. The van der Waals surface area contributed by atoms with Gasteiger partial charge in [-0.3, -0.25) is 4.79 Å². The van der Waals surface area contributed by atoms with Crippen LogP contribution in [0.3, 0.4) is 0 Å². The van der Waals surface area contributed by atoms with Crippen molar-refractivity contribution in [3.63, 3.8) is 0 Å². The van der Waals surface area contributed by atoms with Crippen LogP contribution in [0.2, 0.25) is 0 Å². The lowest BCUT2D eigenvalue weighted by molar-refractivity contribution is -0.134. The monoisotopic (exact) mass is 160 g/mol. The standard InChI is InChI=1S/C3H4O2.C2H4O2.C2H4/c1-2-3(4)5;1-2(3)4;1-2/h2H,1H2,(H,4,5);1H3,(H,3,4);1-2H2. The van der Waals surface area contributed by atoms with Gasteiger partial charge >= 0.3 is 5.97 Å². The molecule has 0 aliphatic heterocycles. The highest BCUT2D eigenvalue weighted by Crippen LogP contribution is 1.54. The van der Waals surface area contributed by atoms with Crippen LogP contribution in [0.25, 0.3) is 0 Å². The van der Waals surface area contributed by atoms with Gasteiger partial charge in [-0.05, 0) is 0 Å². The molecule has 0 aromatic rings. The van der Waals surface area contributed by atoms with Gasteiger partial charge in [0, 0.05) is 13.0 Å². The van der Waals surface area contributed by atoms with E-state index in [0.29, 0.717) is 0 Å². The Kier molecular flexibility index (Phi) is 23.2. The molecule has 0 amide bonds. The number of rotatable bonds is 1. The van der Waals surface area contributed by atoms with Crippen LogP contribution in [0, 0.1) is 0 Å². The van der Waals surface area contributed by atoms with E-state index in [4.69, 9.17) is 15.0 Å². The number of carbonyl (C=O) groups is 2. The third-order valence-corrected chi connectivity index (χ3v) is 0.175. The average molecular weight is 160 g/mol. The van der Waals surface area contributed by atoms with Crippen molar-refractivity contribution in [1.82, 2.24) is 0 Å². The second-order valence-electron chi connectivity index (χ2n) is 1.06. The van der Waals surface area contributed by atoms with Crippen LogP contribution < -0.4 is 0 Å². The van der Waals surface area contributed by atoms with Crippen LogP contribution in [0.1, 0.15) is 6.92 Å². The van der Waals surface area contributed by atoms with E-state index in [9.17, 15) is 4.79 Å². The van der Waals surface area contributed by atoms with Gasteiger partial charge < -0.3 is 10.2 Å². The summed E-state index contributed by atoms with van der Waals surface area (Å²) in [5, 5.41) is 15.0. The van der Waals surface area contributed by atoms with Crippen LogP contribution in [0.5, 0.6) is 0 Å². The zero-order chi connectivity index (χ0) is 9.86. The Bertz CT molecular complexity index is 124. The SMILES string of the molecule is C=C.C=CC(=O)O.CC(=O)O. The number of carboxylic acid groups (broad SMARTS) is 2. The van der Waals surface area contributed by atoms with E-state index < -0.39 is 11.9 Å². The molecule has 4 heteroatoms. The fourth-order valence-corrected chi connectivity index (χ4v) is 0. The zero-order valence-electron chi connectivity index (χ0n) is 6.41. The van der Waals surface area contributed by atoms with E-state index in [0.717, 1.165) is 13.0 Å². The maximum atomic E-state index is 9.25. The van der Waals surface area contributed by atoms with Crippen molar-refractivity contribution < 1.29 is 19.8 Å². The molecule has 0 bridgehead atoms. The van der Waals surface area contributed by atoms with Gasteiger partial charge in [0.15, 0.2) is 0 Å². The topological polar surface area (TPSA) is 74.6 Å². The van der Waals surface area contributed by atoms with Crippen LogP contribution in [0.4, 0.5) is 0 Å². The molecular weight excluding hydrogens is 148 g/mol. The van der Waals surface area contributed by atoms with Crippen molar-refractivity contribution in [3.05, 3.63) is 25.8 Å². The molecule has 2 N–H and O–H groups in total. The third-order valence-electron chi connectivity index (χ3n) is 0.175. The number of carboxylic acids is 2. The van der Waals surface area contributed by atoms with Crippen LogP contribution in [-0.4, -0.2) is 22.2 Å². The summed E-state index contributed by atoms with van der Waals surface area (Å²) in [5.74, 6) is -1.81. The Labute approximate surface area is 65.5 Å². The molecule has 0 spiro atoms. The Hall–Kier alpha value is -1.58. The molecule has 0 radical (unpaired) electrons. The number of hydrogen-bond acceptors (Lipinski definition) is 2. The number of aliphatic carboxylic acids is 2. The summed E-state index contributed by atoms with van der Waals surface area (Å²) in [6.07, 6.45) is 0.833. The quantitative estimate of drug-likeness (QED) is 0.445. The lowest BCUT2D eigenvalue weighted by Gasteiger charge is -1.64. The second kappa shape index (κ2) is 15.8. The maximum absolute atomic E-state index is 9.25. The van der Waals surface area contributed by atoms with Crippen molar-refractivity contribution >= 4 is 11.9 Å².